The first-order chi connectivity index (χ1) is 11.4. The molecule has 1 saturated heterocycles. The first-order valence-corrected chi connectivity index (χ1v) is 8.13. The Bertz CT molecular complexity index is 605. The van der Waals surface area contributed by atoms with Crippen LogP contribution in [0, 0.1) is 11.8 Å². The third-order valence-electron chi connectivity index (χ3n) is 4.74. The van der Waals surface area contributed by atoms with Gasteiger partial charge in [0.15, 0.2) is 0 Å². The zero-order valence-corrected chi connectivity index (χ0v) is 13.1. The van der Waals surface area contributed by atoms with Crippen molar-refractivity contribution >= 4 is 5.91 Å². The van der Waals surface area contributed by atoms with E-state index in [4.69, 9.17) is 0 Å². The van der Waals surface area contributed by atoms with Crippen molar-refractivity contribution in [3.8, 4) is 5.75 Å². The van der Waals surface area contributed by atoms with Gasteiger partial charge in [0.2, 0.25) is 5.91 Å². The van der Waals surface area contributed by atoms with E-state index < -0.39 is 6.36 Å². The second-order valence-corrected chi connectivity index (χ2v) is 6.51. The minimum Gasteiger partial charge on any atom is -0.405 e. The van der Waals surface area contributed by atoms with Crippen molar-refractivity contribution in [2.24, 2.45) is 11.8 Å². The van der Waals surface area contributed by atoms with Gasteiger partial charge in [-0.1, -0.05) is 18.2 Å². The van der Waals surface area contributed by atoms with Crippen LogP contribution in [0.25, 0.3) is 0 Å². The molecule has 2 fully saturated rings. The zero-order valence-electron chi connectivity index (χ0n) is 13.1. The largest absolute Gasteiger partial charge is 0.573 e. The molecule has 24 heavy (non-hydrogen) atoms. The molecule has 2 aliphatic rings. The Morgan fingerprint density at radius 1 is 1.33 bits per heavy atom. The zero-order chi connectivity index (χ0) is 17.3. The highest BCUT2D eigenvalue weighted by Crippen LogP contribution is 2.52. The number of alkyl halides is 3. The summed E-state index contributed by atoms with van der Waals surface area (Å²) in [6.45, 7) is 1.23. The van der Waals surface area contributed by atoms with Crippen LogP contribution in [-0.4, -0.2) is 42.0 Å². The van der Waals surface area contributed by atoms with Gasteiger partial charge in [0.05, 0.1) is 0 Å². The lowest BCUT2D eigenvalue weighted by molar-refractivity contribution is -0.274. The molecule has 1 aromatic carbocycles. The Hall–Kier alpha value is -1.76. The number of carbonyl (C=O) groups is 1. The number of ether oxygens (including phenoxy) is 1. The van der Waals surface area contributed by atoms with Crippen molar-refractivity contribution in [3.05, 3.63) is 29.8 Å². The van der Waals surface area contributed by atoms with Gasteiger partial charge in [0.25, 0.3) is 0 Å². The number of rotatable bonds is 4. The fourth-order valence-electron chi connectivity index (χ4n) is 3.46. The normalized spacial score (nSPS) is 27.0. The van der Waals surface area contributed by atoms with E-state index in [2.05, 4.69) is 4.74 Å². The molecule has 0 aromatic heterocycles. The number of halogens is 3. The van der Waals surface area contributed by atoms with Crippen LogP contribution < -0.4 is 4.74 Å². The maximum atomic E-state index is 12.6. The summed E-state index contributed by atoms with van der Waals surface area (Å²) in [5, 5.41) is 9.26. The lowest BCUT2D eigenvalue weighted by atomic mass is 9.98. The Kier molecular flexibility index (Phi) is 4.71. The predicted molar refractivity (Wildman–Crippen MR) is 80.4 cm³/mol. The Labute approximate surface area is 138 Å². The molecule has 3 rings (SSSR count). The molecular formula is C17H20F3NO3. The third-order valence-corrected chi connectivity index (χ3v) is 4.74. The van der Waals surface area contributed by atoms with E-state index in [1.54, 1.807) is 17.0 Å². The number of piperidine rings is 1. The molecule has 7 heteroatoms. The van der Waals surface area contributed by atoms with E-state index in [-0.39, 0.29) is 36.0 Å². The first-order valence-electron chi connectivity index (χ1n) is 8.13. The number of aliphatic hydroxyl groups excluding tert-OH is 1. The van der Waals surface area contributed by atoms with Gasteiger partial charge < -0.3 is 14.7 Å². The number of benzene rings is 1. The SMILES string of the molecule is O=C(C1CC1c1ccccc1OC(F)(F)F)N1CCCC(CO)C1. The Balaban J connectivity index is 1.68. The van der Waals surface area contributed by atoms with E-state index in [0.717, 1.165) is 12.8 Å². The van der Waals surface area contributed by atoms with Crippen molar-refractivity contribution in [1.29, 1.82) is 0 Å². The van der Waals surface area contributed by atoms with E-state index in [9.17, 15) is 23.1 Å². The second-order valence-electron chi connectivity index (χ2n) is 6.51. The van der Waals surface area contributed by atoms with Gasteiger partial charge in [-0.25, -0.2) is 0 Å². The van der Waals surface area contributed by atoms with Crippen molar-refractivity contribution in [2.75, 3.05) is 19.7 Å². The summed E-state index contributed by atoms with van der Waals surface area (Å²) in [4.78, 5) is 14.3. The van der Waals surface area contributed by atoms with Gasteiger partial charge in [-0.2, -0.15) is 0 Å². The third kappa shape index (κ3) is 3.83. The molecule has 1 saturated carbocycles. The van der Waals surface area contributed by atoms with Gasteiger partial charge in [0, 0.05) is 25.6 Å². The minimum atomic E-state index is -4.74. The lowest BCUT2D eigenvalue weighted by Gasteiger charge is -2.32. The summed E-state index contributed by atoms with van der Waals surface area (Å²) in [5.41, 5.74) is 0.434. The van der Waals surface area contributed by atoms with Crippen LogP contribution >= 0.6 is 0 Å². The number of amides is 1. The van der Waals surface area contributed by atoms with Crippen LogP contribution in [0.1, 0.15) is 30.7 Å². The smallest absolute Gasteiger partial charge is 0.405 e. The highest BCUT2D eigenvalue weighted by molar-refractivity contribution is 5.83. The van der Waals surface area contributed by atoms with Crippen LogP contribution in [-0.2, 0) is 4.79 Å². The molecule has 132 valence electrons. The topological polar surface area (TPSA) is 49.8 Å². The quantitative estimate of drug-likeness (QED) is 0.915. The molecule has 1 aliphatic carbocycles. The molecule has 0 spiro atoms. The van der Waals surface area contributed by atoms with Gasteiger partial charge in [0.1, 0.15) is 5.75 Å². The van der Waals surface area contributed by atoms with E-state index >= 15 is 0 Å². The summed E-state index contributed by atoms with van der Waals surface area (Å²) in [5.74, 6) is -0.677. The number of hydrogen-bond acceptors (Lipinski definition) is 3. The number of likely N-dealkylation sites (tertiary alicyclic amines) is 1. The van der Waals surface area contributed by atoms with Crippen LogP contribution in [0.4, 0.5) is 13.2 Å². The van der Waals surface area contributed by atoms with Crippen molar-refractivity contribution < 1.29 is 27.8 Å². The van der Waals surface area contributed by atoms with E-state index in [0.29, 0.717) is 25.1 Å². The van der Waals surface area contributed by atoms with Crippen LogP contribution in [0.15, 0.2) is 24.3 Å². The average molecular weight is 343 g/mol. The Morgan fingerprint density at radius 3 is 2.79 bits per heavy atom. The lowest BCUT2D eigenvalue weighted by Crippen LogP contribution is -2.41. The molecule has 1 N–H and O–H groups in total. The molecule has 0 bridgehead atoms. The van der Waals surface area contributed by atoms with E-state index in [1.807, 2.05) is 0 Å². The fraction of sp³-hybridized carbons (Fsp3) is 0.588. The average Bonchev–Trinajstić information content (AvgIpc) is 3.33. The maximum absolute atomic E-state index is 12.6. The highest BCUT2D eigenvalue weighted by Gasteiger charge is 2.48. The van der Waals surface area contributed by atoms with Gasteiger partial charge >= 0.3 is 6.36 Å². The van der Waals surface area contributed by atoms with Gasteiger partial charge in [-0.05, 0) is 42.7 Å². The summed E-state index contributed by atoms with van der Waals surface area (Å²) < 4.78 is 41.6. The summed E-state index contributed by atoms with van der Waals surface area (Å²) in [7, 11) is 0. The summed E-state index contributed by atoms with van der Waals surface area (Å²) in [6.07, 6.45) is -2.46. The van der Waals surface area contributed by atoms with Crippen molar-refractivity contribution in [1.82, 2.24) is 4.90 Å². The fourth-order valence-corrected chi connectivity index (χ4v) is 3.46. The van der Waals surface area contributed by atoms with Crippen LogP contribution in [0.2, 0.25) is 0 Å². The first kappa shape index (κ1) is 17.1. The van der Waals surface area contributed by atoms with Gasteiger partial charge in [-0.3, -0.25) is 4.79 Å². The molecule has 1 amide bonds. The number of hydrogen-bond donors (Lipinski definition) is 1. The molecule has 3 unspecified atom stereocenters. The molecule has 1 heterocycles. The standard InChI is InChI=1S/C17H20F3NO3/c18-17(19,20)24-15-6-2-1-5-12(15)13-8-14(13)16(23)21-7-3-4-11(9-21)10-22/h1-2,5-6,11,13-14,22H,3-4,7-10H2. The monoisotopic (exact) mass is 343 g/mol. The molecule has 3 atom stereocenters. The number of para-hydroxylation sites is 1. The molecule has 1 aliphatic heterocycles. The van der Waals surface area contributed by atoms with E-state index in [1.165, 1.54) is 12.1 Å². The van der Waals surface area contributed by atoms with Crippen LogP contribution in [0.5, 0.6) is 5.75 Å². The van der Waals surface area contributed by atoms with Crippen molar-refractivity contribution in [2.45, 2.75) is 31.5 Å². The molecular weight excluding hydrogens is 323 g/mol. The summed E-state index contributed by atoms with van der Waals surface area (Å²) in [6, 6.07) is 6.01. The maximum Gasteiger partial charge on any atom is 0.573 e. The number of nitrogens with zero attached hydrogens (tertiary/aromatic N) is 1. The molecule has 1 aromatic rings. The van der Waals surface area contributed by atoms with Gasteiger partial charge in [-0.15, -0.1) is 13.2 Å². The molecule has 0 radical (unpaired) electrons. The second kappa shape index (κ2) is 6.63. The minimum absolute atomic E-state index is 0.0278. The Morgan fingerprint density at radius 2 is 2.08 bits per heavy atom. The predicted octanol–water partition coefficient (Wildman–Crippen LogP) is 2.92. The highest BCUT2D eigenvalue weighted by atomic mass is 19.4. The van der Waals surface area contributed by atoms with Crippen LogP contribution in [0.3, 0.4) is 0 Å². The van der Waals surface area contributed by atoms with Crippen molar-refractivity contribution in [3.63, 3.8) is 0 Å². The summed E-state index contributed by atoms with van der Waals surface area (Å²) >= 11 is 0. The molecule has 4 nitrogen and oxygen atoms in total. The number of aliphatic hydroxyl groups is 1. The number of carbonyl (C=O) groups excluding carboxylic acids is 1.